The highest BCUT2D eigenvalue weighted by Gasteiger charge is 2.31. The number of allylic oxidation sites excluding steroid dienone is 1. The van der Waals surface area contributed by atoms with E-state index in [1.165, 1.54) is 34.8 Å². The normalized spacial score (nSPS) is 11.7. The lowest BCUT2D eigenvalue weighted by atomic mass is 10.2. The van der Waals surface area contributed by atoms with Gasteiger partial charge in [-0.1, -0.05) is 142 Å². The topological polar surface area (TPSA) is 0 Å². The summed E-state index contributed by atoms with van der Waals surface area (Å²) >= 11 is 2.46. The van der Waals surface area contributed by atoms with Crippen LogP contribution >= 0.6 is 22.6 Å². The lowest BCUT2D eigenvalue weighted by Crippen LogP contribution is -2.42. The highest BCUT2D eigenvalue weighted by molar-refractivity contribution is 14.1. The van der Waals surface area contributed by atoms with Crippen LogP contribution in [0, 0.1) is 0 Å². The van der Waals surface area contributed by atoms with E-state index in [-0.39, 0.29) is 0 Å². The molecule has 3 rings (SSSR count). The van der Waals surface area contributed by atoms with E-state index < -0.39 is 8.07 Å². The standard InChI is InChI=1S/C24H25ISi/c25-17-10-18-26(19-22-11-4-1-5-12-22,20-23-13-6-2-7-14-23)21-24-15-8-3-9-16-24/h1-16,18H,17,19-21H2/b18-10+. The van der Waals surface area contributed by atoms with Crippen LogP contribution in [0.5, 0.6) is 0 Å². The van der Waals surface area contributed by atoms with Crippen LogP contribution in [0.3, 0.4) is 0 Å². The Balaban J connectivity index is 1.98. The maximum Gasteiger partial charge on any atom is 0.0903 e. The molecule has 0 N–H and O–H groups in total. The number of hydrogen-bond acceptors (Lipinski definition) is 0. The number of benzene rings is 3. The SMILES string of the molecule is IC/C=C/[Si](Cc1ccccc1)(Cc1ccccc1)Cc1ccccc1. The first-order valence-electron chi connectivity index (χ1n) is 9.15. The van der Waals surface area contributed by atoms with Crippen LogP contribution in [0.25, 0.3) is 0 Å². The van der Waals surface area contributed by atoms with E-state index in [9.17, 15) is 0 Å². The van der Waals surface area contributed by atoms with Gasteiger partial charge in [-0.3, -0.25) is 0 Å². The van der Waals surface area contributed by atoms with Gasteiger partial charge in [-0.15, -0.1) is 0 Å². The van der Waals surface area contributed by atoms with Gasteiger partial charge >= 0.3 is 0 Å². The molecule has 0 bridgehead atoms. The Labute approximate surface area is 172 Å². The third-order valence-electron chi connectivity index (χ3n) is 4.76. The molecule has 0 aromatic heterocycles. The summed E-state index contributed by atoms with van der Waals surface area (Å²) in [5.74, 6) is 0. The van der Waals surface area contributed by atoms with Crippen molar-refractivity contribution in [3.63, 3.8) is 0 Å². The molecule has 0 unspecified atom stereocenters. The molecule has 3 aromatic carbocycles. The molecule has 26 heavy (non-hydrogen) atoms. The number of alkyl halides is 1. The van der Waals surface area contributed by atoms with E-state index in [4.69, 9.17) is 0 Å². The smallest absolute Gasteiger partial charge is 0.0903 e. The quantitative estimate of drug-likeness (QED) is 0.206. The van der Waals surface area contributed by atoms with Crippen molar-refractivity contribution < 1.29 is 0 Å². The fourth-order valence-corrected chi connectivity index (χ4v) is 8.89. The van der Waals surface area contributed by atoms with Gasteiger partial charge in [-0.05, 0) is 18.1 Å². The maximum atomic E-state index is 2.60. The molecule has 0 saturated heterocycles. The van der Waals surface area contributed by atoms with Crippen molar-refractivity contribution in [3.8, 4) is 0 Å². The predicted octanol–water partition coefficient (Wildman–Crippen LogP) is 6.31. The summed E-state index contributed by atoms with van der Waals surface area (Å²) in [4.78, 5) is 0. The van der Waals surface area contributed by atoms with E-state index in [0.29, 0.717) is 0 Å². The summed E-state index contributed by atoms with van der Waals surface area (Å²) in [6, 6.07) is 36.6. The minimum absolute atomic E-state index is 1.07. The first-order valence-corrected chi connectivity index (χ1v) is 13.4. The van der Waals surface area contributed by atoms with Gasteiger partial charge in [0.15, 0.2) is 0 Å². The molecule has 0 aliphatic carbocycles. The van der Waals surface area contributed by atoms with Crippen LogP contribution in [0.15, 0.2) is 103 Å². The van der Waals surface area contributed by atoms with Crippen molar-refractivity contribution in [3.05, 3.63) is 119 Å². The van der Waals surface area contributed by atoms with Crippen molar-refractivity contribution in [2.24, 2.45) is 0 Å². The summed E-state index contributed by atoms with van der Waals surface area (Å²) in [6.07, 6.45) is 2.39. The van der Waals surface area contributed by atoms with E-state index in [0.717, 1.165) is 4.43 Å². The Hall–Kier alpha value is -1.65. The highest BCUT2D eigenvalue weighted by atomic mass is 127. The Morgan fingerprint density at radius 2 is 0.923 bits per heavy atom. The van der Waals surface area contributed by atoms with E-state index >= 15 is 0 Å². The molecule has 0 spiro atoms. The van der Waals surface area contributed by atoms with Crippen LogP contribution in [-0.4, -0.2) is 12.5 Å². The molecule has 0 amide bonds. The zero-order valence-corrected chi connectivity index (χ0v) is 18.2. The minimum atomic E-state index is -1.72. The summed E-state index contributed by atoms with van der Waals surface area (Å²) in [6.45, 7) is 0. The fraction of sp³-hybridized carbons (Fsp3) is 0.167. The van der Waals surface area contributed by atoms with Crippen LogP contribution in [0.4, 0.5) is 0 Å². The lowest BCUT2D eigenvalue weighted by molar-refractivity contribution is 1.15. The molecule has 0 radical (unpaired) electrons. The van der Waals surface area contributed by atoms with Gasteiger partial charge in [-0.25, -0.2) is 0 Å². The summed E-state index contributed by atoms with van der Waals surface area (Å²) in [5, 5.41) is 0. The van der Waals surface area contributed by atoms with Gasteiger partial charge in [-0.2, -0.15) is 0 Å². The average Bonchev–Trinajstić information content (AvgIpc) is 2.69. The molecule has 3 aromatic rings. The Morgan fingerprint density at radius 3 is 1.23 bits per heavy atom. The molecular formula is C24H25ISi. The van der Waals surface area contributed by atoms with Crippen molar-refractivity contribution in [1.29, 1.82) is 0 Å². The van der Waals surface area contributed by atoms with Gasteiger partial charge in [0.1, 0.15) is 0 Å². The van der Waals surface area contributed by atoms with Crippen molar-refractivity contribution in [1.82, 2.24) is 0 Å². The van der Waals surface area contributed by atoms with Crippen molar-refractivity contribution in [2.75, 3.05) is 4.43 Å². The Bertz CT molecular complexity index is 696. The minimum Gasteiger partial charge on any atom is -0.0964 e. The van der Waals surface area contributed by atoms with Gasteiger partial charge < -0.3 is 0 Å². The fourth-order valence-electron chi connectivity index (χ4n) is 3.67. The van der Waals surface area contributed by atoms with Gasteiger partial charge in [0.05, 0.1) is 8.07 Å². The zero-order chi connectivity index (χ0) is 18.1. The predicted molar refractivity (Wildman–Crippen MR) is 124 cm³/mol. The van der Waals surface area contributed by atoms with E-state index in [1.807, 2.05) is 0 Å². The molecule has 0 nitrogen and oxygen atoms in total. The molecule has 0 aliphatic heterocycles. The second-order valence-electron chi connectivity index (χ2n) is 6.91. The maximum absolute atomic E-state index is 2.60. The third-order valence-corrected chi connectivity index (χ3v) is 9.55. The molecular weight excluding hydrogens is 443 g/mol. The number of halogens is 1. The number of rotatable bonds is 8. The third kappa shape index (κ3) is 5.68. The molecule has 0 heterocycles. The van der Waals surface area contributed by atoms with Crippen molar-refractivity contribution >= 4 is 30.7 Å². The molecule has 0 aliphatic rings. The van der Waals surface area contributed by atoms with Crippen LogP contribution in [0.1, 0.15) is 16.7 Å². The Kier molecular flexibility index (Phi) is 7.27. The summed E-state index contributed by atoms with van der Waals surface area (Å²) in [7, 11) is -1.72. The molecule has 0 fully saturated rings. The first-order chi connectivity index (χ1) is 12.8. The summed E-state index contributed by atoms with van der Waals surface area (Å²) < 4.78 is 1.07. The first kappa shape index (κ1) is 19.1. The molecule has 132 valence electrons. The molecule has 0 saturated carbocycles. The highest BCUT2D eigenvalue weighted by Crippen LogP contribution is 2.24. The van der Waals surface area contributed by atoms with Gasteiger partial charge in [0.25, 0.3) is 0 Å². The van der Waals surface area contributed by atoms with E-state index in [1.54, 1.807) is 0 Å². The second kappa shape index (κ2) is 9.88. The molecule has 0 atom stereocenters. The Morgan fingerprint density at radius 1 is 0.577 bits per heavy atom. The molecule has 2 heteroatoms. The van der Waals surface area contributed by atoms with E-state index in [2.05, 4.69) is 125 Å². The van der Waals surface area contributed by atoms with Gasteiger partial charge in [0, 0.05) is 4.43 Å². The monoisotopic (exact) mass is 468 g/mol. The largest absolute Gasteiger partial charge is 0.0964 e. The van der Waals surface area contributed by atoms with Crippen LogP contribution in [0.2, 0.25) is 0 Å². The van der Waals surface area contributed by atoms with Gasteiger partial charge in [0.2, 0.25) is 0 Å². The average molecular weight is 468 g/mol. The summed E-state index contributed by atoms with van der Waals surface area (Å²) in [5.41, 5.74) is 6.99. The van der Waals surface area contributed by atoms with Crippen LogP contribution < -0.4 is 0 Å². The second-order valence-corrected chi connectivity index (χ2v) is 11.9. The van der Waals surface area contributed by atoms with Crippen LogP contribution in [-0.2, 0) is 18.1 Å². The lowest BCUT2D eigenvalue weighted by Gasteiger charge is -2.30. The number of hydrogen-bond donors (Lipinski definition) is 0. The zero-order valence-electron chi connectivity index (χ0n) is 15.0. The van der Waals surface area contributed by atoms with Crippen molar-refractivity contribution in [2.45, 2.75) is 18.1 Å².